The second-order valence-electron chi connectivity index (χ2n) is 7.79. The minimum absolute atomic E-state index is 0.224. The van der Waals surface area contributed by atoms with Gasteiger partial charge in [0.25, 0.3) is 5.91 Å². The Kier molecular flexibility index (Phi) is 3.90. The summed E-state index contributed by atoms with van der Waals surface area (Å²) in [5.41, 5.74) is 16.3. The van der Waals surface area contributed by atoms with E-state index in [1.54, 1.807) is 6.07 Å². The molecule has 5 nitrogen and oxygen atoms in total. The van der Waals surface area contributed by atoms with E-state index in [0.29, 0.717) is 17.4 Å². The Morgan fingerprint density at radius 3 is 2.46 bits per heavy atom. The van der Waals surface area contributed by atoms with Crippen LogP contribution in [0, 0.1) is 0 Å². The number of aliphatic imine (C=N–C) groups is 1. The third kappa shape index (κ3) is 3.03. The molecule has 0 unspecified atom stereocenters. The van der Waals surface area contributed by atoms with Gasteiger partial charge in [0.1, 0.15) is 0 Å². The van der Waals surface area contributed by atoms with Crippen LogP contribution in [0.3, 0.4) is 0 Å². The molecule has 5 rings (SSSR count). The van der Waals surface area contributed by atoms with Crippen LogP contribution in [0.5, 0.6) is 0 Å². The number of carbonyl (C=O) groups excluding carboxylic acids is 1. The van der Waals surface area contributed by atoms with Crippen LogP contribution in [0.25, 0.3) is 21.9 Å². The highest BCUT2D eigenvalue weighted by Gasteiger charge is 2.35. The van der Waals surface area contributed by atoms with Gasteiger partial charge in [-0.3, -0.25) is 9.78 Å². The molecule has 2 fully saturated rings. The minimum Gasteiger partial charge on any atom is -0.370 e. The molecule has 2 saturated carbocycles. The highest BCUT2D eigenvalue weighted by molar-refractivity contribution is 6.06. The largest absolute Gasteiger partial charge is 0.370 e. The Bertz CT molecular complexity index is 1120. The average molecular weight is 370 g/mol. The van der Waals surface area contributed by atoms with Crippen LogP contribution in [-0.4, -0.2) is 16.9 Å². The second kappa shape index (κ2) is 6.44. The minimum atomic E-state index is -0.424. The van der Waals surface area contributed by atoms with Crippen molar-refractivity contribution >= 4 is 22.6 Å². The summed E-state index contributed by atoms with van der Waals surface area (Å²) in [6.07, 6.45) is 6.88. The fraction of sp³-hybridized carbons (Fsp3) is 0.261. The van der Waals surface area contributed by atoms with E-state index in [4.69, 9.17) is 16.5 Å². The topological polar surface area (TPSA) is 94.4 Å². The molecule has 0 radical (unpaired) electrons. The van der Waals surface area contributed by atoms with Gasteiger partial charge in [-0.15, -0.1) is 0 Å². The smallest absolute Gasteiger partial charge is 0.280 e. The van der Waals surface area contributed by atoms with Crippen molar-refractivity contribution < 1.29 is 4.79 Å². The number of nitrogens with zero attached hydrogens (tertiary/aromatic N) is 2. The predicted octanol–water partition coefficient (Wildman–Crippen LogP) is 4.07. The van der Waals surface area contributed by atoms with Gasteiger partial charge in [0.15, 0.2) is 5.96 Å². The lowest BCUT2D eigenvalue weighted by Gasteiger charge is -2.15. The Balaban J connectivity index is 1.70. The van der Waals surface area contributed by atoms with E-state index < -0.39 is 5.91 Å². The summed E-state index contributed by atoms with van der Waals surface area (Å²) in [7, 11) is 0. The van der Waals surface area contributed by atoms with Crippen LogP contribution >= 0.6 is 0 Å². The van der Waals surface area contributed by atoms with Crippen LogP contribution in [-0.2, 0) is 0 Å². The lowest BCUT2D eigenvalue weighted by Crippen LogP contribution is -2.24. The molecule has 1 heterocycles. The number of hydrogen-bond donors (Lipinski definition) is 2. The molecule has 1 amide bonds. The molecule has 5 heteroatoms. The normalized spacial score (nSPS) is 16.1. The van der Waals surface area contributed by atoms with Gasteiger partial charge < -0.3 is 11.5 Å². The first-order valence-corrected chi connectivity index (χ1v) is 9.77. The van der Waals surface area contributed by atoms with Crippen LogP contribution in [0.2, 0.25) is 0 Å². The van der Waals surface area contributed by atoms with Gasteiger partial charge in [0.05, 0.1) is 0 Å². The first-order chi connectivity index (χ1) is 13.6. The Morgan fingerprint density at radius 2 is 1.75 bits per heavy atom. The van der Waals surface area contributed by atoms with Gasteiger partial charge in [-0.2, -0.15) is 4.99 Å². The molecule has 0 atom stereocenters. The third-order valence-corrected chi connectivity index (χ3v) is 5.62. The number of hydrogen-bond acceptors (Lipinski definition) is 2. The fourth-order valence-electron chi connectivity index (χ4n) is 4.03. The van der Waals surface area contributed by atoms with Gasteiger partial charge in [-0.05, 0) is 77.3 Å². The Labute approximate surface area is 163 Å². The molecule has 0 spiro atoms. The van der Waals surface area contributed by atoms with Crippen molar-refractivity contribution in [3.05, 3.63) is 65.5 Å². The SMILES string of the molecule is NC(N)=NC(=O)c1ccc2cccc(-c3ccnc(C4CC4)c3C3CC3)c2c1. The molecular weight excluding hydrogens is 348 g/mol. The van der Waals surface area contributed by atoms with Gasteiger partial charge in [-0.1, -0.05) is 24.3 Å². The van der Waals surface area contributed by atoms with Crippen molar-refractivity contribution in [2.75, 3.05) is 0 Å². The van der Waals surface area contributed by atoms with Crippen LogP contribution in [0.15, 0.2) is 53.7 Å². The average Bonchev–Trinajstić information content (AvgIpc) is 3.58. The quantitative estimate of drug-likeness (QED) is 0.535. The first kappa shape index (κ1) is 16.9. The Hall–Kier alpha value is -3.21. The monoisotopic (exact) mass is 370 g/mol. The second-order valence-corrected chi connectivity index (χ2v) is 7.79. The van der Waals surface area contributed by atoms with Crippen molar-refractivity contribution in [2.45, 2.75) is 37.5 Å². The molecule has 0 aliphatic heterocycles. The molecule has 0 saturated heterocycles. The predicted molar refractivity (Wildman–Crippen MR) is 111 cm³/mol. The van der Waals surface area contributed by atoms with Crippen molar-refractivity contribution in [1.82, 2.24) is 4.98 Å². The van der Waals surface area contributed by atoms with Gasteiger partial charge in [-0.25, -0.2) is 0 Å². The summed E-state index contributed by atoms with van der Waals surface area (Å²) >= 11 is 0. The summed E-state index contributed by atoms with van der Waals surface area (Å²) in [4.78, 5) is 20.8. The van der Waals surface area contributed by atoms with Crippen molar-refractivity contribution in [3.8, 4) is 11.1 Å². The standard InChI is InChI=1S/C23H22N4O/c24-23(25)27-22(28)16-9-4-13-2-1-3-17(19(13)12-16)18-10-11-26-21(15-7-8-15)20(18)14-5-6-14/h1-4,9-12,14-15H,5-8H2,(H4,24,25,27,28). The molecular formula is C23H22N4O. The zero-order valence-corrected chi connectivity index (χ0v) is 15.6. The zero-order valence-electron chi connectivity index (χ0n) is 15.6. The van der Waals surface area contributed by atoms with E-state index in [1.165, 1.54) is 42.5 Å². The molecule has 2 aliphatic rings. The van der Waals surface area contributed by atoms with E-state index in [0.717, 1.165) is 16.3 Å². The van der Waals surface area contributed by atoms with Gasteiger partial charge in [0.2, 0.25) is 0 Å². The number of amides is 1. The Morgan fingerprint density at radius 1 is 0.964 bits per heavy atom. The van der Waals surface area contributed by atoms with Crippen LogP contribution in [0.1, 0.15) is 59.1 Å². The molecule has 1 aromatic heterocycles. The number of benzene rings is 2. The molecule has 2 aromatic carbocycles. The van der Waals surface area contributed by atoms with E-state index in [1.807, 2.05) is 18.3 Å². The number of nitrogens with two attached hydrogens (primary N) is 2. The number of fused-ring (bicyclic) bond motifs is 1. The van der Waals surface area contributed by atoms with E-state index >= 15 is 0 Å². The number of guanidine groups is 1. The number of pyridine rings is 1. The highest BCUT2D eigenvalue weighted by Crippen LogP contribution is 2.51. The summed E-state index contributed by atoms with van der Waals surface area (Å²) in [5.74, 6) is 0.579. The number of aromatic nitrogens is 1. The molecule has 28 heavy (non-hydrogen) atoms. The maximum absolute atomic E-state index is 12.3. The molecule has 3 aromatic rings. The van der Waals surface area contributed by atoms with E-state index in [2.05, 4.69) is 29.3 Å². The van der Waals surface area contributed by atoms with Gasteiger partial charge in [0, 0.05) is 23.4 Å². The highest BCUT2D eigenvalue weighted by atomic mass is 16.1. The fourth-order valence-corrected chi connectivity index (χ4v) is 4.03. The number of rotatable bonds is 4. The molecule has 2 aliphatic carbocycles. The van der Waals surface area contributed by atoms with Crippen molar-refractivity contribution in [3.63, 3.8) is 0 Å². The van der Waals surface area contributed by atoms with Gasteiger partial charge >= 0.3 is 0 Å². The maximum atomic E-state index is 12.3. The third-order valence-electron chi connectivity index (χ3n) is 5.62. The molecule has 140 valence electrons. The van der Waals surface area contributed by atoms with Crippen LogP contribution < -0.4 is 11.5 Å². The van der Waals surface area contributed by atoms with E-state index in [-0.39, 0.29) is 5.96 Å². The first-order valence-electron chi connectivity index (χ1n) is 9.77. The zero-order chi connectivity index (χ0) is 19.3. The summed E-state index contributed by atoms with van der Waals surface area (Å²) < 4.78 is 0. The molecule has 4 N–H and O–H groups in total. The van der Waals surface area contributed by atoms with Crippen molar-refractivity contribution in [1.29, 1.82) is 0 Å². The maximum Gasteiger partial charge on any atom is 0.280 e. The summed E-state index contributed by atoms with van der Waals surface area (Å²) in [6, 6.07) is 14.0. The lowest BCUT2D eigenvalue weighted by atomic mass is 9.90. The number of carbonyl (C=O) groups is 1. The lowest BCUT2D eigenvalue weighted by molar-refractivity contribution is 0.100. The summed E-state index contributed by atoms with van der Waals surface area (Å²) in [5, 5.41) is 2.12. The van der Waals surface area contributed by atoms with Crippen molar-refractivity contribution in [2.24, 2.45) is 16.5 Å². The van der Waals surface area contributed by atoms with Crippen LogP contribution in [0.4, 0.5) is 0 Å². The summed E-state index contributed by atoms with van der Waals surface area (Å²) in [6.45, 7) is 0. The molecule has 0 bridgehead atoms. The van der Waals surface area contributed by atoms with E-state index in [9.17, 15) is 4.79 Å².